The van der Waals surface area contributed by atoms with E-state index in [1.807, 2.05) is 84.3 Å². The van der Waals surface area contributed by atoms with E-state index in [0.717, 1.165) is 63.7 Å². The summed E-state index contributed by atoms with van der Waals surface area (Å²) >= 11 is 0. The highest BCUT2D eigenvalue weighted by Crippen LogP contribution is 2.33. The zero-order valence-corrected chi connectivity index (χ0v) is 22.9. The third-order valence-corrected chi connectivity index (χ3v) is 7.04. The van der Waals surface area contributed by atoms with Crippen molar-refractivity contribution in [1.82, 2.24) is 9.88 Å². The van der Waals surface area contributed by atoms with Gasteiger partial charge in [-0.2, -0.15) is 0 Å². The first-order valence-electron chi connectivity index (χ1n) is 13.6. The highest BCUT2D eigenvalue weighted by Gasteiger charge is 2.18. The maximum atomic E-state index is 13.5. The minimum absolute atomic E-state index is 0.0109. The lowest BCUT2D eigenvalue weighted by Gasteiger charge is -2.15. The Kier molecular flexibility index (Phi) is 7.97. The van der Waals surface area contributed by atoms with Crippen molar-refractivity contribution in [3.05, 3.63) is 120 Å². The molecule has 0 bridgehead atoms. The number of nitrogen functional groups attached to an aromatic ring is 1. The number of carbonyl (C=O) groups is 1. The number of para-hydroxylation sites is 1. The van der Waals surface area contributed by atoms with Crippen LogP contribution in [0.3, 0.4) is 0 Å². The van der Waals surface area contributed by atoms with Gasteiger partial charge < -0.3 is 20.4 Å². The van der Waals surface area contributed by atoms with Gasteiger partial charge in [-0.1, -0.05) is 86.5 Å². The lowest BCUT2D eigenvalue weighted by atomic mass is 10.0. The largest absolute Gasteiger partial charge is 0.457 e. The summed E-state index contributed by atoms with van der Waals surface area (Å²) in [4.78, 5) is 13.5. The number of nitrogens with one attached hydrogen (secondary N) is 2. The molecule has 5 rings (SSSR count). The molecule has 202 valence electrons. The van der Waals surface area contributed by atoms with Gasteiger partial charge in [0, 0.05) is 34.1 Å². The van der Waals surface area contributed by atoms with E-state index in [0.29, 0.717) is 17.8 Å². The van der Waals surface area contributed by atoms with Crippen LogP contribution in [0, 0.1) is 5.41 Å². The number of aromatic nitrogens is 1. The number of amides is 1. The van der Waals surface area contributed by atoms with Crippen LogP contribution in [0.5, 0.6) is 11.5 Å². The lowest BCUT2D eigenvalue weighted by molar-refractivity contribution is 0.0957. The summed E-state index contributed by atoms with van der Waals surface area (Å²) in [6, 6.07) is 29.4. The number of carbonyl (C=O) groups excluding carboxylic acids is 1. The molecule has 0 aliphatic carbocycles. The van der Waals surface area contributed by atoms with Crippen molar-refractivity contribution in [2.75, 3.05) is 0 Å². The van der Waals surface area contributed by atoms with Gasteiger partial charge in [-0.25, -0.2) is 0 Å². The van der Waals surface area contributed by atoms with Gasteiger partial charge in [0.05, 0.1) is 0 Å². The standard InChI is InChI=1S/C34H34N4O2/c1-3-4-6-11-23(2)37-34(39)31-20-24-18-19-25(33(35)36)21-30(24)38(31)22-26-12-9-16-29-28(26)15-10-17-32(29)40-27-13-7-5-8-14-27/h5,7-21H,3-4,6,22H2,1-2H3,(H3,35,36)(H,37,39)/b23-11+. The highest BCUT2D eigenvalue weighted by atomic mass is 16.5. The second kappa shape index (κ2) is 11.9. The fraction of sp³-hybridized carbons (Fsp3) is 0.176. The van der Waals surface area contributed by atoms with Crippen molar-refractivity contribution < 1.29 is 9.53 Å². The Morgan fingerprint density at radius 1 is 0.975 bits per heavy atom. The number of hydrogen-bond donors (Lipinski definition) is 3. The fourth-order valence-corrected chi connectivity index (χ4v) is 4.96. The van der Waals surface area contributed by atoms with Crippen LogP contribution in [-0.4, -0.2) is 16.3 Å². The molecule has 0 radical (unpaired) electrons. The Morgan fingerprint density at radius 2 is 1.75 bits per heavy atom. The number of ether oxygens (including phenoxy) is 1. The van der Waals surface area contributed by atoms with Gasteiger partial charge in [0.2, 0.25) is 0 Å². The van der Waals surface area contributed by atoms with E-state index in [1.54, 1.807) is 0 Å². The maximum absolute atomic E-state index is 13.5. The van der Waals surface area contributed by atoms with Crippen LogP contribution < -0.4 is 15.8 Å². The van der Waals surface area contributed by atoms with E-state index in [4.69, 9.17) is 15.9 Å². The molecule has 40 heavy (non-hydrogen) atoms. The molecule has 4 N–H and O–H groups in total. The van der Waals surface area contributed by atoms with Crippen molar-refractivity contribution >= 4 is 33.4 Å². The van der Waals surface area contributed by atoms with Crippen LogP contribution in [0.2, 0.25) is 0 Å². The van der Waals surface area contributed by atoms with Gasteiger partial charge >= 0.3 is 0 Å². The molecular weight excluding hydrogens is 496 g/mol. The minimum atomic E-state index is -0.167. The molecule has 5 aromatic rings. The highest BCUT2D eigenvalue weighted by molar-refractivity contribution is 6.03. The summed E-state index contributed by atoms with van der Waals surface area (Å²) in [6.07, 6.45) is 5.18. The van der Waals surface area contributed by atoms with Crippen LogP contribution in [-0.2, 0) is 6.54 Å². The van der Waals surface area contributed by atoms with Gasteiger partial charge in [0.15, 0.2) is 0 Å². The number of nitrogens with two attached hydrogens (primary N) is 1. The third kappa shape index (κ3) is 5.76. The average molecular weight is 531 g/mol. The van der Waals surface area contributed by atoms with Crippen LogP contribution in [0.1, 0.15) is 54.7 Å². The number of benzene rings is 4. The molecular formula is C34H34N4O2. The Labute approximate surface area is 234 Å². The Morgan fingerprint density at radius 3 is 2.52 bits per heavy atom. The fourth-order valence-electron chi connectivity index (χ4n) is 4.96. The van der Waals surface area contributed by atoms with Gasteiger partial charge in [0.1, 0.15) is 23.0 Å². The van der Waals surface area contributed by atoms with E-state index in [9.17, 15) is 4.79 Å². The number of nitrogens with zero attached hydrogens (tertiary/aromatic N) is 1. The number of unbranched alkanes of at least 4 members (excludes halogenated alkanes) is 2. The van der Waals surface area contributed by atoms with Gasteiger partial charge in [0.25, 0.3) is 5.91 Å². The first kappa shape index (κ1) is 26.8. The molecule has 1 amide bonds. The van der Waals surface area contributed by atoms with Gasteiger partial charge in [-0.15, -0.1) is 0 Å². The summed E-state index contributed by atoms with van der Waals surface area (Å²) in [5, 5.41) is 14.0. The summed E-state index contributed by atoms with van der Waals surface area (Å²) < 4.78 is 8.24. The Bertz CT molecular complexity index is 1720. The van der Waals surface area contributed by atoms with Crippen molar-refractivity contribution in [2.24, 2.45) is 5.73 Å². The average Bonchev–Trinajstić information content (AvgIpc) is 3.32. The summed E-state index contributed by atoms with van der Waals surface area (Å²) in [5.41, 5.74) is 9.72. The zero-order chi connectivity index (χ0) is 28.1. The maximum Gasteiger partial charge on any atom is 0.272 e. The first-order valence-corrected chi connectivity index (χ1v) is 13.6. The smallest absolute Gasteiger partial charge is 0.272 e. The van der Waals surface area contributed by atoms with Crippen LogP contribution >= 0.6 is 0 Å². The third-order valence-electron chi connectivity index (χ3n) is 7.04. The summed E-state index contributed by atoms with van der Waals surface area (Å²) in [5.74, 6) is 1.37. The number of hydrogen-bond acceptors (Lipinski definition) is 3. The summed E-state index contributed by atoms with van der Waals surface area (Å²) in [6.45, 7) is 4.53. The predicted molar refractivity (Wildman–Crippen MR) is 163 cm³/mol. The number of rotatable bonds is 10. The molecule has 1 heterocycles. The topological polar surface area (TPSA) is 93.1 Å². The SMILES string of the molecule is CCCC/C=C(\C)NC(=O)c1cc2ccc(C(=N)N)cc2n1Cc1cccc2c(Oc3ccccc3)cccc12. The van der Waals surface area contributed by atoms with E-state index in [2.05, 4.69) is 36.5 Å². The molecule has 0 fully saturated rings. The quantitative estimate of drug-likeness (QED) is 0.0979. The number of allylic oxidation sites excluding steroid dienone is 2. The molecule has 0 atom stereocenters. The molecule has 0 saturated heterocycles. The van der Waals surface area contributed by atoms with Crippen molar-refractivity contribution in [1.29, 1.82) is 5.41 Å². The second-order valence-corrected chi connectivity index (χ2v) is 9.97. The molecule has 0 aliphatic heterocycles. The zero-order valence-electron chi connectivity index (χ0n) is 22.9. The number of amidine groups is 1. The molecule has 0 spiro atoms. The van der Waals surface area contributed by atoms with Crippen molar-refractivity contribution in [3.8, 4) is 11.5 Å². The Hall–Kier alpha value is -4.84. The normalized spacial score (nSPS) is 11.6. The minimum Gasteiger partial charge on any atom is -0.457 e. The second-order valence-electron chi connectivity index (χ2n) is 9.97. The first-order chi connectivity index (χ1) is 19.4. The van der Waals surface area contributed by atoms with Gasteiger partial charge in [-0.05, 0) is 54.6 Å². The molecule has 6 heteroatoms. The molecule has 1 aromatic heterocycles. The molecule has 0 saturated carbocycles. The summed E-state index contributed by atoms with van der Waals surface area (Å²) in [7, 11) is 0. The monoisotopic (exact) mass is 530 g/mol. The molecule has 4 aromatic carbocycles. The van der Waals surface area contributed by atoms with Crippen LogP contribution in [0.25, 0.3) is 21.7 Å². The van der Waals surface area contributed by atoms with Crippen LogP contribution in [0.15, 0.2) is 103 Å². The lowest BCUT2D eigenvalue weighted by Crippen LogP contribution is -2.24. The van der Waals surface area contributed by atoms with Crippen molar-refractivity contribution in [3.63, 3.8) is 0 Å². The van der Waals surface area contributed by atoms with Crippen LogP contribution in [0.4, 0.5) is 0 Å². The molecule has 6 nitrogen and oxygen atoms in total. The van der Waals surface area contributed by atoms with E-state index in [1.165, 1.54) is 0 Å². The van der Waals surface area contributed by atoms with Crippen molar-refractivity contribution in [2.45, 2.75) is 39.7 Å². The number of fused-ring (bicyclic) bond motifs is 2. The van der Waals surface area contributed by atoms with E-state index < -0.39 is 0 Å². The molecule has 0 unspecified atom stereocenters. The van der Waals surface area contributed by atoms with E-state index >= 15 is 0 Å². The molecule has 0 aliphatic rings. The predicted octanol–water partition coefficient (Wildman–Crippen LogP) is 7.74. The van der Waals surface area contributed by atoms with E-state index in [-0.39, 0.29) is 11.7 Å². The Balaban J connectivity index is 1.57. The van der Waals surface area contributed by atoms with Gasteiger partial charge in [-0.3, -0.25) is 10.2 Å².